The summed E-state index contributed by atoms with van der Waals surface area (Å²) in [6, 6.07) is 12.5. The molecule has 0 aliphatic carbocycles. The third-order valence-electron chi connectivity index (χ3n) is 6.82. The van der Waals surface area contributed by atoms with Gasteiger partial charge in [-0.1, -0.05) is 22.4 Å². The maximum atomic E-state index is 13.2. The van der Waals surface area contributed by atoms with Crippen LogP contribution in [-0.2, 0) is 14.4 Å². The van der Waals surface area contributed by atoms with Crippen molar-refractivity contribution in [2.24, 2.45) is 0 Å². The van der Waals surface area contributed by atoms with Gasteiger partial charge in [0.1, 0.15) is 0 Å². The molecule has 3 heterocycles. The van der Waals surface area contributed by atoms with Crippen LogP contribution in [0.2, 0.25) is 0 Å². The average Bonchev–Trinajstić information content (AvgIpc) is 3.27. The second-order valence-corrected chi connectivity index (χ2v) is 11.4. The molecule has 0 saturated carbocycles. The summed E-state index contributed by atoms with van der Waals surface area (Å²) in [4.78, 5) is 6.24. The summed E-state index contributed by atoms with van der Waals surface area (Å²) in [6.45, 7) is 7.97. The van der Waals surface area contributed by atoms with Crippen LogP contribution in [0.3, 0.4) is 0 Å². The fourth-order valence-corrected chi connectivity index (χ4v) is 5.68. The van der Waals surface area contributed by atoms with Crippen LogP contribution >= 0.6 is 0 Å². The molecule has 1 saturated heterocycles. The van der Waals surface area contributed by atoms with Crippen LogP contribution in [0.25, 0.3) is 27.9 Å². The second-order valence-electron chi connectivity index (χ2n) is 9.43. The second kappa shape index (κ2) is 9.23. The third-order valence-corrected chi connectivity index (χ3v) is 8.34. The van der Waals surface area contributed by atoms with Crippen LogP contribution in [0.1, 0.15) is 19.4 Å². The van der Waals surface area contributed by atoms with E-state index >= 15 is 0 Å². The molecule has 7 nitrogen and oxygen atoms in total. The number of aryl methyl sites for hydroxylation is 1. The van der Waals surface area contributed by atoms with Crippen LogP contribution < -0.4 is 10.2 Å². The van der Waals surface area contributed by atoms with E-state index in [1.165, 1.54) is 12.3 Å². The Labute approximate surface area is 213 Å². The number of piperazine rings is 1. The molecular formula is C26H27F3N5O2S+. The van der Waals surface area contributed by atoms with Crippen molar-refractivity contribution >= 4 is 21.5 Å². The molecule has 194 valence electrons. The van der Waals surface area contributed by atoms with Crippen molar-refractivity contribution in [3.8, 4) is 22.3 Å². The smallest absolute Gasteiger partial charge is 0.364 e. The normalized spacial score (nSPS) is 20.2. The van der Waals surface area contributed by atoms with E-state index in [4.69, 9.17) is 0 Å². The van der Waals surface area contributed by atoms with Crippen molar-refractivity contribution in [2.45, 2.75) is 43.3 Å². The summed E-state index contributed by atoms with van der Waals surface area (Å²) in [7, 11) is -5.23. The minimum atomic E-state index is -5.27. The predicted octanol–water partition coefficient (Wildman–Crippen LogP) is 5.41. The van der Waals surface area contributed by atoms with Gasteiger partial charge in [-0.15, -0.1) is 13.2 Å². The molecule has 0 spiro atoms. The molecule has 0 bridgehead atoms. The number of nitrogens with zero attached hydrogens (tertiary/aromatic N) is 4. The van der Waals surface area contributed by atoms with Gasteiger partial charge in [0.25, 0.3) is 0 Å². The molecule has 3 atom stereocenters. The number of halogens is 3. The third kappa shape index (κ3) is 4.51. The number of nitrogens with one attached hydrogen (secondary N) is 1. The molecule has 5 rings (SSSR count). The quantitative estimate of drug-likeness (QED) is 0.344. The van der Waals surface area contributed by atoms with Crippen molar-refractivity contribution < 1.29 is 21.9 Å². The SMILES string of the molecule is Cc1ccc([S+](=O)(O)C(F)(F)F)cc1-c1cnn2cc(-c3ccc(N4[C@H](C)CNC[C@@H]4C)cc3)cnc12. The lowest BCUT2D eigenvalue weighted by Gasteiger charge is -2.41. The zero-order valence-corrected chi connectivity index (χ0v) is 21.3. The van der Waals surface area contributed by atoms with E-state index in [-0.39, 0.29) is 0 Å². The van der Waals surface area contributed by atoms with E-state index in [1.54, 1.807) is 23.8 Å². The molecule has 1 fully saturated rings. The standard InChI is InChI=1S/C26H26F3N5O2S/c1-16-4-9-22(37(35,36)26(27,28)29)10-23(16)24-14-32-33-15-20(13-31-25(24)33)19-5-7-21(8-6-19)34-17(2)11-30-12-18(34)3/h4-10,13-15,17-18,30H,11-12H2,1-3H3/p+1/t17-,18+. The summed E-state index contributed by atoms with van der Waals surface area (Å²) in [5.41, 5.74) is -0.443. The Bertz CT molecular complexity index is 1490. The van der Waals surface area contributed by atoms with Crippen LogP contribution in [0.15, 0.2) is 66.0 Å². The number of hydrogen-bond donors (Lipinski definition) is 2. The number of hydrogen-bond acceptors (Lipinski definition) is 5. The highest BCUT2D eigenvalue weighted by Gasteiger charge is 2.60. The van der Waals surface area contributed by atoms with Gasteiger partial charge >= 0.3 is 15.7 Å². The number of anilines is 1. The van der Waals surface area contributed by atoms with Gasteiger partial charge in [-0.3, -0.25) is 0 Å². The number of alkyl halides is 3. The Morgan fingerprint density at radius 3 is 2.32 bits per heavy atom. The summed E-state index contributed by atoms with van der Waals surface area (Å²) < 4.78 is 62.8. The minimum absolute atomic E-state index is 0.363. The Morgan fingerprint density at radius 1 is 1.00 bits per heavy atom. The van der Waals surface area contributed by atoms with Crippen molar-refractivity contribution in [3.63, 3.8) is 0 Å². The highest BCUT2D eigenvalue weighted by molar-refractivity contribution is 7.98. The number of rotatable bonds is 4. The van der Waals surface area contributed by atoms with E-state index in [2.05, 4.69) is 46.3 Å². The van der Waals surface area contributed by atoms with Gasteiger partial charge in [-0.2, -0.15) is 9.65 Å². The van der Waals surface area contributed by atoms with Crippen molar-refractivity contribution in [2.75, 3.05) is 18.0 Å². The van der Waals surface area contributed by atoms with Crippen LogP contribution in [0, 0.1) is 6.92 Å². The van der Waals surface area contributed by atoms with Crippen molar-refractivity contribution in [1.29, 1.82) is 0 Å². The lowest BCUT2D eigenvalue weighted by molar-refractivity contribution is -0.0498. The Balaban J connectivity index is 1.48. The average molecular weight is 531 g/mol. The van der Waals surface area contributed by atoms with Gasteiger partial charge in [-0.05, 0) is 55.7 Å². The van der Waals surface area contributed by atoms with Crippen molar-refractivity contribution in [1.82, 2.24) is 19.9 Å². The van der Waals surface area contributed by atoms with Crippen LogP contribution in [0.4, 0.5) is 18.9 Å². The molecule has 0 amide bonds. The van der Waals surface area contributed by atoms with Gasteiger partial charge in [0.15, 0.2) is 5.65 Å². The molecule has 2 N–H and O–H groups in total. The van der Waals surface area contributed by atoms with Gasteiger partial charge < -0.3 is 10.2 Å². The van der Waals surface area contributed by atoms with Crippen molar-refractivity contribution in [3.05, 3.63) is 66.6 Å². The lowest BCUT2D eigenvalue weighted by atomic mass is 10.0. The Kier molecular flexibility index (Phi) is 6.33. The summed E-state index contributed by atoms with van der Waals surface area (Å²) >= 11 is 0. The Morgan fingerprint density at radius 2 is 1.68 bits per heavy atom. The van der Waals surface area contributed by atoms with E-state index in [1.807, 2.05) is 12.1 Å². The maximum absolute atomic E-state index is 13.2. The number of benzene rings is 2. The first-order chi connectivity index (χ1) is 17.5. The summed E-state index contributed by atoms with van der Waals surface area (Å²) in [6.07, 6.45) is 5.00. The zero-order valence-electron chi connectivity index (χ0n) is 20.5. The zero-order chi connectivity index (χ0) is 26.5. The molecule has 1 aliphatic rings. The first-order valence-electron chi connectivity index (χ1n) is 11.8. The summed E-state index contributed by atoms with van der Waals surface area (Å²) in [5, 5.41) is 7.79. The van der Waals surface area contributed by atoms with Crippen LogP contribution in [0.5, 0.6) is 0 Å². The highest BCUT2D eigenvalue weighted by Crippen LogP contribution is 2.38. The molecular weight excluding hydrogens is 503 g/mol. The molecule has 0 radical (unpaired) electrons. The topological polar surface area (TPSA) is 82.8 Å². The first kappa shape index (κ1) is 25.4. The molecule has 37 heavy (non-hydrogen) atoms. The molecule has 1 unspecified atom stereocenters. The molecule has 4 aromatic rings. The van der Waals surface area contributed by atoms with Crippen LogP contribution in [-0.4, -0.2) is 49.8 Å². The number of fused-ring (bicyclic) bond motifs is 1. The van der Waals surface area contributed by atoms with Gasteiger partial charge in [0.2, 0.25) is 4.90 Å². The van der Waals surface area contributed by atoms with Gasteiger partial charge in [0.05, 0.1) is 6.20 Å². The molecule has 1 aliphatic heterocycles. The minimum Gasteiger partial charge on any atom is -0.364 e. The van der Waals surface area contributed by atoms with Gasteiger partial charge in [-0.25, -0.2) is 9.50 Å². The Hall–Kier alpha value is -3.28. The van der Waals surface area contributed by atoms with Gasteiger partial charge in [0, 0.05) is 60.4 Å². The molecule has 11 heteroatoms. The molecule has 2 aromatic heterocycles. The predicted molar refractivity (Wildman–Crippen MR) is 138 cm³/mol. The van der Waals surface area contributed by atoms with E-state index in [0.717, 1.165) is 42.0 Å². The molecule has 2 aromatic carbocycles. The fourth-order valence-electron chi connectivity index (χ4n) is 4.88. The lowest BCUT2D eigenvalue weighted by Crippen LogP contribution is -2.55. The summed E-state index contributed by atoms with van der Waals surface area (Å²) in [5.74, 6) is 0. The monoisotopic (exact) mass is 530 g/mol. The highest BCUT2D eigenvalue weighted by atomic mass is 32.3. The van der Waals surface area contributed by atoms with E-state index in [9.17, 15) is 21.9 Å². The maximum Gasteiger partial charge on any atom is 0.614 e. The van der Waals surface area contributed by atoms with E-state index < -0.39 is 20.6 Å². The number of aromatic nitrogens is 3. The first-order valence-corrected chi connectivity index (χ1v) is 13.4. The largest absolute Gasteiger partial charge is 0.614 e. The fraction of sp³-hybridized carbons (Fsp3) is 0.308. The van der Waals surface area contributed by atoms with E-state index in [0.29, 0.717) is 34.4 Å².